The Morgan fingerprint density at radius 3 is 2.66 bits per heavy atom. The molecule has 4 rings (SSSR count). The first kappa shape index (κ1) is 19.6. The smallest absolute Gasteiger partial charge is 0.242 e. The van der Waals surface area contributed by atoms with Crippen LogP contribution in [0.5, 0.6) is 0 Å². The lowest BCUT2D eigenvalue weighted by atomic mass is 10.1. The molecule has 0 aliphatic carbocycles. The largest absolute Gasteiger partial charge is 0.347 e. The van der Waals surface area contributed by atoms with Gasteiger partial charge in [0.05, 0.1) is 6.54 Å². The van der Waals surface area contributed by atoms with E-state index in [0.717, 1.165) is 44.2 Å². The quantitative estimate of drug-likeness (QED) is 0.782. The number of carbonyl (C=O) groups excluding carboxylic acids is 2. The molecule has 2 aliphatic rings. The summed E-state index contributed by atoms with van der Waals surface area (Å²) in [5.74, 6) is 1.51. The van der Waals surface area contributed by atoms with Gasteiger partial charge in [-0.2, -0.15) is 0 Å². The third-order valence-electron chi connectivity index (χ3n) is 5.62. The molecule has 1 unspecified atom stereocenters. The number of amides is 2. The van der Waals surface area contributed by atoms with Crippen molar-refractivity contribution in [3.05, 3.63) is 46.5 Å². The second kappa shape index (κ2) is 8.32. The molecule has 1 aromatic heterocycles. The topological polar surface area (TPSA) is 92.2 Å². The van der Waals surface area contributed by atoms with Crippen LogP contribution in [0.15, 0.2) is 18.2 Å². The highest BCUT2D eigenvalue weighted by Crippen LogP contribution is 2.15. The number of carbonyl (C=O) groups is 2. The summed E-state index contributed by atoms with van der Waals surface area (Å²) in [5, 5.41) is 14.2. The number of nitrogens with zero attached hydrogens (tertiary/aromatic N) is 4. The summed E-state index contributed by atoms with van der Waals surface area (Å²) < 4.78 is 2.12. The molecule has 0 saturated carbocycles. The van der Waals surface area contributed by atoms with Gasteiger partial charge in [0.15, 0.2) is 5.82 Å². The molecule has 8 heteroatoms. The van der Waals surface area contributed by atoms with Crippen molar-refractivity contribution in [1.82, 2.24) is 30.3 Å². The summed E-state index contributed by atoms with van der Waals surface area (Å²) >= 11 is 0. The molecule has 1 saturated heterocycles. The molecule has 1 fully saturated rings. The van der Waals surface area contributed by atoms with Crippen LogP contribution in [0.25, 0.3) is 0 Å². The van der Waals surface area contributed by atoms with Crippen LogP contribution in [0.3, 0.4) is 0 Å². The number of benzene rings is 1. The van der Waals surface area contributed by atoms with Crippen LogP contribution in [-0.4, -0.2) is 50.6 Å². The Labute approximate surface area is 170 Å². The van der Waals surface area contributed by atoms with E-state index in [4.69, 9.17) is 0 Å². The summed E-state index contributed by atoms with van der Waals surface area (Å²) in [5.41, 5.74) is 3.93. The van der Waals surface area contributed by atoms with Gasteiger partial charge < -0.3 is 15.2 Å². The molecule has 0 bridgehead atoms. The third-order valence-corrected chi connectivity index (χ3v) is 5.62. The molecule has 0 spiro atoms. The molecule has 2 amide bonds. The molecular weight excluding hydrogens is 368 g/mol. The summed E-state index contributed by atoms with van der Waals surface area (Å²) in [6, 6.07) is 6.27. The van der Waals surface area contributed by atoms with Crippen molar-refractivity contribution in [2.24, 2.45) is 0 Å². The normalized spacial score (nSPS) is 19.5. The summed E-state index contributed by atoms with van der Waals surface area (Å²) in [4.78, 5) is 26.0. The van der Waals surface area contributed by atoms with Crippen molar-refractivity contribution in [3.8, 4) is 0 Å². The Morgan fingerprint density at radius 1 is 1.14 bits per heavy atom. The molecule has 1 atom stereocenters. The highest BCUT2D eigenvalue weighted by atomic mass is 16.2. The Hall–Kier alpha value is -2.74. The average Bonchev–Trinajstić information content (AvgIpc) is 3.22. The van der Waals surface area contributed by atoms with Gasteiger partial charge in [0.25, 0.3) is 0 Å². The van der Waals surface area contributed by atoms with Gasteiger partial charge in [-0.05, 0) is 25.8 Å². The van der Waals surface area contributed by atoms with Crippen LogP contribution >= 0.6 is 0 Å². The highest BCUT2D eigenvalue weighted by Gasteiger charge is 2.27. The molecule has 0 radical (unpaired) electrons. The van der Waals surface area contributed by atoms with Crippen LogP contribution in [0, 0.1) is 13.8 Å². The van der Waals surface area contributed by atoms with Crippen LogP contribution < -0.4 is 10.6 Å². The van der Waals surface area contributed by atoms with Crippen molar-refractivity contribution >= 4 is 11.8 Å². The van der Waals surface area contributed by atoms with Crippen LogP contribution in [0.2, 0.25) is 0 Å². The summed E-state index contributed by atoms with van der Waals surface area (Å²) in [6.07, 6.45) is 1.80. The molecule has 3 heterocycles. The van der Waals surface area contributed by atoms with Crippen molar-refractivity contribution in [1.29, 1.82) is 0 Å². The standard InChI is InChI=1S/C21H28N6O2/c1-14-9-15(2)11-16(10-14)13-26-6-5-18-24-25-19(27(18)8-7-26)12-22-21(29)17-3-4-20(28)23-17/h9-11,17H,3-8,12-13H2,1-2H3,(H,22,29)(H,23,28). The van der Waals surface area contributed by atoms with E-state index in [2.05, 4.69) is 62.3 Å². The van der Waals surface area contributed by atoms with Crippen LogP contribution in [0.4, 0.5) is 0 Å². The second-order valence-corrected chi connectivity index (χ2v) is 8.08. The van der Waals surface area contributed by atoms with E-state index in [1.165, 1.54) is 16.7 Å². The maximum absolute atomic E-state index is 12.2. The van der Waals surface area contributed by atoms with Crippen molar-refractivity contribution in [3.63, 3.8) is 0 Å². The first-order valence-corrected chi connectivity index (χ1v) is 10.3. The van der Waals surface area contributed by atoms with Crippen LogP contribution in [0.1, 0.15) is 41.2 Å². The highest BCUT2D eigenvalue weighted by molar-refractivity contribution is 5.90. The maximum atomic E-state index is 12.2. The fourth-order valence-corrected chi connectivity index (χ4v) is 4.23. The molecule has 2 aliphatic heterocycles. The van der Waals surface area contributed by atoms with E-state index in [1.807, 2.05) is 0 Å². The predicted octanol–water partition coefficient (Wildman–Crippen LogP) is 0.848. The molecule has 154 valence electrons. The molecule has 2 aromatic rings. The van der Waals surface area contributed by atoms with Gasteiger partial charge in [0.2, 0.25) is 11.8 Å². The lowest BCUT2D eigenvalue weighted by molar-refractivity contribution is -0.125. The summed E-state index contributed by atoms with van der Waals surface area (Å²) in [6.45, 7) is 8.18. The summed E-state index contributed by atoms with van der Waals surface area (Å²) in [7, 11) is 0. The molecule has 1 aromatic carbocycles. The van der Waals surface area contributed by atoms with E-state index >= 15 is 0 Å². The SMILES string of the molecule is Cc1cc(C)cc(CN2CCc3nnc(CNC(=O)C4CCC(=O)N4)n3CC2)c1. The zero-order valence-electron chi connectivity index (χ0n) is 17.1. The Balaban J connectivity index is 1.35. The van der Waals surface area contributed by atoms with Gasteiger partial charge in [0, 0.05) is 39.0 Å². The molecule has 29 heavy (non-hydrogen) atoms. The minimum Gasteiger partial charge on any atom is -0.347 e. The second-order valence-electron chi connectivity index (χ2n) is 8.08. The van der Waals surface area contributed by atoms with Gasteiger partial charge in [-0.15, -0.1) is 10.2 Å². The zero-order chi connectivity index (χ0) is 20.4. The molecule has 2 N–H and O–H groups in total. The van der Waals surface area contributed by atoms with Gasteiger partial charge in [0.1, 0.15) is 11.9 Å². The zero-order valence-corrected chi connectivity index (χ0v) is 17.1. The number of aromatic nitrogens is 3. The van der Waals surface area contributed by atoms with E-state index in [9.17, 15) is 9.59 Å². The monoisotopic (exact) mass is 396 g/mol. The van der Waals surface area contributed by atoms with E-state index < -0.39 is 6.04 Å². The van der Waals surface area contributed by atoms with Gasteiger partial charge in [-0.3, -0.25) is 14.5 Å². The van der Waals surface area contributed by atoms with Crippen LogP contribution in [-0.2, 0) is 35.6 Å². The van der Waals surface area contributed by atoms with Crippen molar-refractivity contribution in [2.75, 3.05) is 13.1 Å². The third kappa shape index (κ3) is 4.64. The predicted molar refractivity (Wildman–Crippen MR) is 108 cm³/mol. The van der Waals surface area contributed by atoms with Crippen molar-refractivity contribution in [2.45, 2.75) is 58.8 Å². The van der Waals surface area contributed by atoms with E-state index in [-0.39, 0.29) is 11.8 Å². The number of aryl methyl sites for hydroxylation is 2. The Morgan fingerprint density at radius 2 is 1.93 bits per heavy atom. The molecule has 8 nitrogen and oxygen atoms in total. The lowest BCUT2D eigenvalue weighted by Gasteiger charge is -2.20. The van der Waals surface area contributed by atoms with Gasteiger partial charge in [-0.25, -0.2) is 0 Å². The van der Waals surface area contributed by atoms with Gasteiger partial charge >= 0.3 is 0 Å². The average molecular weight is 396 g/mol. The van der Waals surface area contributed by atoms with Crippen molar-refractivity contribution < 1.29 is 9.59 Å². The first-order chi connectivity index (χ1) is 14.0. The first-order valence-electron chi connectivity index (χ1n) is 10.3. The lowest BCUT2D eigenvalue weighted by Crippen LogP contribution is -2.41. The fourth-order valence-electron chi connectivity index (χ4n) is 4.23. The van der Waals surface area contributed by atoms with E-state index in [0.29, 0.717) is 19.4 Å². The Bertz CT molecular complexity index is 902. The minimum atomic E-state index is -0.428. The number of rotatable bonds is 5. The van der Waals surface area contributed by atoms with E-state index in [1.54, 1.807) is 0 Å². The minimum absolute atomic E-state index is 0.0645. The maximum Gasteiger partial charge on any atom is 0.242 e. The molecular formula is C21H28N6O2. The number of nitrogens with one attached hydrogen (secondary N) is 2. The Kier molecular flexibility index (Phi) is 5.62. The number of hydrogen-bond acceptors (Lipinski definition) is 5. The number of hydrogen-bond donors (Lipinski definition) is 2. The van der Waals surface area contributed by atoms with Gasteiger partial charge in [-0.1, -0.05) is 29.3 Å². The fraction of sp³-hybridized carbons (Fsp3) is 0.524. The number of fused-ring (bicyclic) bond motifs is 1.